The van der Waals surface area contributed by atoms with Crippen molar-refractivity contribution >= 4 is 17.5 Å². The van der Waals surface area contributed by atoms with Gasteiger partial charge in [0.05, 0.1) is 23.5 Å². The van der Waals surface area contributed by atoms with E-state index in [4.69, 9.17) is 11.6 Å². The first-order valence-corrected chi connectivity index (χ1v) is 7.43. The molecule has 7 heteroatoms. The predicted molar refractivity (Wildman–Crippen MR) is 79.0 cm³/mol. The number of amides is 1. The third-order valence-electron chi connectivity index (χ3n) is 3.98. The molecule has 1 aliphatic rings. The molecule has 0 aromatic carbocycles. The Labute approximate surface area is 128 Å². The van der Waals surface area contributed by atoms with Crippen molar-refractivity contribution in [2.45, 2.75) is 38.8 Å². The Bertz CT molecular complexity index is 662. The number of aromatic nitrogens is 4. The molecule has 1 N–H and O–H groups in total. The number of nitrogens with zero attached hydrogens (tertiary/aromatic N) is 4. The van der Waals surface area contributed by atoms with Crippen LogP contribution in [0.2, 0.25) is 5.02 Å². The minimum Gasteiger partial charge on any atom is -0.338 e. The Kier molecular flexibility index (Phi) is 3.71. The molecular formula is C14H18ClN5O. The van der Waals surface area contributed by atoms with Crippen molar-refractivity contribution in [1.82, 2.24) is 24.9 Å². The number of rotatable bonds is 4. The molecule has 0 unspecified atom stereocenters. The molecule has 0 spiro atoms. The number of aryl methyl sites for hydroxylation is 1. The quantitative estimate of drug-likeness (QED) is 0.939. The van der Waals surface area contributed by atoms with Crippen LogP contribution in [0, 0.1) is 0 Å². The van der Waals surface area contributed by atoms with Gasteiger partial charge in [-0.3, -0.25) is 14.6 Å². The fourth-order valence-corrected chi connectivity index (χ4v) is 2.92. The minimum absolute atomic E-state index is 0.00971. The molecule has 2 heterocycles. The zero-order valence-corrected chi connectivity index (χ0v) is 12.9. The summed E-state index contributed by atoms with van der Waals surface area (Å²) < 4.78 is 1.58. The second-order valence-corrected chi connectivity index (χ2v) is 5.93. The van der Waals surface area contributed by atoms with Crippen LogP contribution in [0.25, 0.3) is 0 Å². The minimum atomic E-state index is -0.380. The molecule has 21 heavy (non-hydrogen) atoms. The summed E-state index contributed by atoms with van der Waals surface area (Å²) in [6.07, 6.45) is 6.46. The van der Waals surface area contributed by atoms with E-state index < -0.39 is 0 Å². The lowest BCUT2D eigenvalue weighted by molar-refractivity contribution is -0.133. The summed E-state index contributed by atoms with van der Waals surface area (Å²) in [7, 11) is 1.79. The predicted octanol–water partition coefficient (Wildman–Crippen LogP) is 1.97. The molecule has 0 saturated carbocycles. The number of aromatic amines is 1. The third-order valence-corrected chi connectivity index (χ3v) is 4.17. The van der Waals surface area contributed by atoms with Gasteiger partial charge in [-0.25, -0.2) is 0 Å². The maximum atomic E-state index is 12.5. The van der Waals surface area contributed by atoms with Crippen molar-refractivity contribution in [2.75, 3.05) is 7.05 Å². The monoisotopic (exact) mass is 307 g/mol. The zero-order valence-electron chi connectivity index (χ0n) is 12.1. The van der Waals surface area contributed by atoms with Crippen molar-refractivity contribution in [2.24, 2.45) is 0 Å². The average Bonchev–Trinajstić information content (AvgIpc) is 3.15. The van der Waals surface area contributed by atoms with Crippen LogP contribution < -0.4 is 0 Å². The highest BCUT2D eigenvalue weighted by molar-refractivity contribution is 6.30. The SMILES string of the molecule is C[C@@H](C(=O)N(C)Cc1n[nH]c2c1CCC2)n1cc(Cl)cn1. The van der Waals surface area contributed by atoms with Gasteiger partial charge in [0.2, 0.25) is 5.91 Å². The summed E-state index contributed by atoms with van der Waals surface area (Å²) in [4.78, 5) is 14.2. The number of halogens is 1. The van der Waals surface area contributed by atoms with E-state index in [1.165, 1.54) is 17.5 Å². The van der Waals surface area contributed by atoms with Gasteiger partial charge < -0.3 is 4.90 Å². The standard InChI is InChI=1S/C14H18ClN5O/c1-9(20-7-10(15)6-16-20)14(21)19(2)8-13-11-4-3-5-12(11)17-18-13/h6-7,9H,3-5,8H2,1-2H3,(H,17,18)/t9-/m0/s1. The summed E-state index contributed by atoms with van der Waals surface area (Å²) >= 11 is 5.85. The lowest BCUT2D eigenvalue weighted by atomic mass is 10.2. The van der Waals surface area contributed by atoms with Crippen LogP contribution in [0.3, 0.4) is 0 Å². The van der Waals surface area contributed by atoms with Crippen LogP contribution in [0.5, 0.6) is 0 Å². The smallest absolute Gasteiger partial charge is 0.247 e. The molecule has 0 radical (unpaired) electrons. The molecule has 1 atom stereocenters. The number of hydrogen-bond donors (Lipinski definition) is 1. The molecule has 2 aromatic rings. The number of H-pyrrole nitrogens is 1. The fourth-order valence-electron chi connectivity index (χ4n) is 2.78. The maximum Gasteiger partial charge on any atom is 0.247 e. The van der Waals surface area contributed by atoms with E-state index in [0.29, 0.717) is 11.6 Å². The second-order valence-electron chi connectivity index (χ2n) is 5.49. The first-order valence-electron chi connectivity index (χ1n) is 7.06. The van der Waals surface area contributed by atoms with Crippen molar-refractivity contribution in [1.29, 1.82) is 0 Å². The molecule has 0 bridgehead atoms. The molecule has 3 rings (SSSR count). The lowest BCUT2D eigenvalue weighted by Crippen LogP contribution is -2.33. The Morgan fingerprint density at radius 1 is 1.57 bits per heavy atom. The molecule has 1 aliphatic carbocycles. The van der Waals surface area contributed by atoms with Crippen molar-refractivity contribution in [3.63, 3.8) is 0 Å². The van der Waals surface area contributed by atoms with Gasteiger partial charge in [0, 0.05) is 18.9 Å². The van der Waals surface area contributed by atoms with E-state index in [1.807, 2.05) is 6.92 Å². The topological polar surface area (TPSA) is 66.8 Å². The van der Waals surface area contributed by atoms with Gasteiger partial charge in [-0.15, -0.1) is 0 Å². The van der Waals surface area contributed by atoms with Gasteiger partial charge in [0.15, 0.2) is 0 Å². The van der Waals surface area contributed by atoms with Gasteiger partial charge >= 0.3 is 0 Å². The molecule has 0 aliphatic heterocycles. The van der Waals surface area contributed by atoms with Crippen LogP contribution >= 0.6 is 11.6 Å². The van der Waals surface area contributed by atoms with E-state index in [9.17, 15) is 4.79 Å². The fraction of sp³-hybridized carbons (Fsp3) is 0.500. The third kappa shape index (κ3) is 2.68. The highest BCUT2D eigenvalue weighted by atomic mass is 35.5. The summed E-state index contributed by atoms with van der Waals surface area (Å²) in [5.41, 5.74) is 3.48. The van der Waals surface area contributed by atoms with Gasteiger partial charge in [0.1, 0.15) is 6.04 Å². The normalized spacial score (nSPS) is 15.0. The summed E-state index contributed by atoms with van der Waals surface area (Å²) in [6.45, 7) is 2.33. The largest absolute Gasteiger partial charge is 0.338 e. The van der Waals surface area contributed by atoms with E-state index in [1.54, 1.807) is 22.8 Å². The molecule has 6 nitrogen and oxygen atoms in total. The van der Waals surface area contributed by atoms with Gasteiger partial charge in [-0.1, -0.05) is 11.6 Å². The highest BCUT2D eigenvalue weighted by Gasteiger charge is 2.24. The van der Waals surface area contributed by atoms with E-state index in [-0.39, 0.29) is 11.9 Å². The number of likely N-dealkylation sites (N-methyl/N-ethyl adjacent to an activating group) is 1. The van der Waals surface area contributed by atoms with Gasteiger partial charge in [-0.05, 0) is 31.7 Å². The Hall–Kier alpha value is -1.82. The van der Waals surface area contributed by atoms with Gasteiger partial charge in [0.25, 0.3) is 0 Å². The van der Waals surface area contributed by atoms with Crippen LogP contribution in [-0.4, -0.2) is 37.8 Å². The van der Waals surface area contributed by atoms with Crippen molar-refractivity contribution < 1.29 is 4.79 Å². The average molecular weight is 308 g/mol. The molecule has 0 saturated heterocycles. The Balaban J connectivity index is 1.69. The highest BCUT2D eigenvalue weighted by Crippen LogP contribution is 2.24. The first kappa shape index (κ1) is 14.1. The van der Waals surface area contributed by atoms with E-state index >= 15 is 0 Å². The van der Waals surface area contributed by atoms with Crippen molar-refractivity contribution in [3.8, 4) is 0 Å². The number of nitrogens with one attached hydrogen (secondary N) is 1. The molecule has 1 amide bonds. The number of carbonyl (C=O) groups excluding carboxylic acids is 1. The molecular weight excluding hydrogens is 290 g/mol. The number of carbonyl (C=O) groups is 1. The zero-order chi connectivity index (χ0) is 15.0. The summed E-state index contributed by atoms with van der Waals surface area (Å²) in [5, 5.41) is 12.0. The summed E-state index contributed by atoms with van der Waals surface area (Å²) in [5.74, 6) is -0.00971. The van der Waals surface area contributed by atoms with Crippen LogP contribution in [0.15, 0.2) is 12.4 Å². The van der Waals surface area contributed by atoms with Gasteiger partial charge in [-0.2, -0.15) is 10.2 Å². The first-order chi connectivity index (χ1) is 10.1. The van der Waals surface area contributed by atoms with E-state index in [2.05, 4.69) is 15.3 Å². The Morgan fingerprint density at radius 3 is 3.10 bits per heavy atom. The second kappa shape index (κ2) is 5.52. The van der Waals surface area contributed by atoms with E-state index in [0.717, 1.165) is 25.0 Å². The van der Waals surface area contributed by atoms with Crippen LogP contribution in [0.1, 0.15) is 36.3 Å². The van der Waals surface area contributed by atoms with Crippen LogP contribution in [0.4, 0.5) is 0 Å². The lowest BCUT2D eigenvalue weighted by Gasteiger charge is -2.21. The maximum absolute atomic E-state index is 12.5. The Morgan fingerprint density at radius 2 is 2.38 bits per heavy atom. The van der Waals surface area contributed by atoms with Crippen molar-refractivity contribution in [3.05, 3.63) is 34.4 Å². The van der Waals surface area contributed by atoms with Crippen LogP contribution in [-0.2, 0) is 24.2 Å². The molecule has 0 fully saturated rings. The summed E-state index contributed by atoms with van der Waals surface area (Å²) in [6, 6.07) is -0.380. The molecule has 112 valence electrons. The number of hydrogen-bond acceptors (Lipinski definition) is 3. The number of fused-ring (bicyclic) bond motifs is 1. The molecule has 2 aromatic heterocycles.